The zero-order valence-electron chi connectivity index (χ0n) is 9.57. The fraction of sp³-hybridized carbons (Fsp3) is 0.667. The number of hydrogen-bond donors (Lipinski definition) is 2. The second-order valence-electron chi connectivity index (χ2n) is 3.83. The Morgan fingerprint density at radius 2 is 2.27 bits per heavy atom. The maximum atomic E-state index is 9.87. The van der Waals surface area contributed by atoms with E-state index < -0.39 is 0 Å². The zero-order valence-corrected chi connectivity index (χ0v) is 10.4. The molecule has 1 rings (SSSR count). The van der Waals surface area contributed by atoms with E-state index in [9.17, 15) is 5.11 Å². The lowest BCUT2D eigenvalue weighted by Gasteiger charge is -2.18. The first kappa shape index (κ1) is 12.7. The zero-order chi connectivity index (χ0) is 11.1. The molecule has 15 heavy (non-hydrogen) atoms. The van der Waals surface area contributed by atoms with Crippen LogP contribution >= 0.6 is 11.3 Å². The van der Waals surface area contributed by atoms with Crippen molar-refractivity contribution in [3.63, 3.8) is 0 Å². The summed E-state index contributed by atoms with van der Waals surface area (Å²) in [6, 6.07) is 4.51. The van der Waals surface area contributed by atoms with Crippen molar-refractivity contribution in [3.05, 3.63) is 22.4 Å². The van der Waals surface area contributed by atoms with Crippen LogP contribution in [0.4, 0.5) is 0 Å². The molecule has 1 aromatic rings. The van der Waals surface area contributed by atoms with Gasteiger partial charge >= 0.3 is 0 Å². The van der Waals surface area contributed by atoms with Crippen molar-refractivity contribution in [2.24, 2.45) is 0 Å². The van der Waals surface area contributed by atoms with Crippen LogP contribution in [-0.2, 0) is 0 Å². The monoisotopic (exact) mass is 227 g/mol. The Hall–Kier alpha value is -0.380. The van der Waals surface area contributed by atoms with Crippen LogP contribution in [-0.4, -0.2) is 17.7 Å². The quantitative estimate of drug-likeness (QED) is 0.750. The number of aliphatic hydroxyl groups is 1. The largest absolute Gasteiger partial charge is 0.386 e. The molecule has 0 fully saturated rings. The van der Waals surface area contributed by atoms with Gasteiger partial charge in [-0.3, -0.25) is 0 Å². The smallest absolute Gasteiger partial charge is 0.101 e. The van der Waals surface area contributed by atoms with Crippen molar-refractivity contribution in [1.29, 1.82) is 0 Å². The highest BCUT2D eigenvalue weighted by molar-refractivity contribution is 7.10. The Bertz CT molecular complexity index is 248. The Morgan fingerprint density at radius 1 is 1.47 bits per heavy atom. The van der Waals surface area contributed by atoms with Gasteiger partial charge in [-0.1, -0.05) is 26.3 Å². The molecule has 0 aliphatic rings. The van der Waals surface area contributed by atoms with E-state index in [2.05, 4.69) is 19.2 Å². The molecule has 2 N–H and O–H groups in total. The second-order valence-corrected chi connectivity index (χ2v) is 4.81. The average molecular weight is 227 g/mol. The minimum atomic E-state index is -0.351. The molecule has 1 aromatic heterocycles. The summed E-state index contributed by atoms with van der Waals surface area (Å²) >= 11 is 1.61. The lowest BCUT2D eigenvalue weighted by Crippen LogP contribution is -2.31. The predicted octanol–water partition coefficient (Wildman–Crippen LogP) is 2.95. The molecule has 3 heteroatoms. The molecular formula is C12H21NOS. The molecule has 0 saturated heterocycles. The van der Waals surface area contributed by atoms with Gasteiger partial charge in [-0.15, -0.1) is 11.3 Å². The highest BCUT2D eigenvalue weighted by atomic mass is 32.1. The highest BCUT2D eigenvalue weighted by Gasteiger charge is 2.10. The van der Waals surface area contributed by atoms with Gasteiger partial charge in [0.25, 0.3) is 0 Å². The number of thiophene rings is 1. The van der Waals surface area contributed by atoms with Gasteiger partial charge in [-0.2, -0.15) is 0 Å². The van der Waals surface area contributed by atoms with Crippen molar-refractivity contribution >= 4 is 11.3 Å². The maximum Gasteiger partial charge on any atom is 0.101 e. The van der Waals surface area contributed by atoms with Gasteiger partial charge in [0.1, 0.15) is 6.10 Å². The number of aliphatic hydroxyl groups excluding tert-OH is 1. The number of hydrogen-bond acceptors (Lipinski definition) is 3. The molecule has 2 nitrogen and oxygen atoms in total. The topological polar surface area (TPSA) is 32.3 Å². The molecule has 2 unspecified atom stereocenters. The summed E-state index contributed by atoms with van der Waals surface area (Å²) in [6.07, 6.45) is 3.16. The van der Waals surface area contributed by atoms with E-state index in [4.69, 9.17) is 0 Å². The summed E-state index contributed by atoms with van der Waals surface area (Å²) in [6.45, 7) is 5.05. The van der Waals surface area contributed by atoms with Crippen molar-refractivity contribution < 1.29 is 5.11 Å². The first-order valence-corrected chi connectivity index (χ1v) is 6.60. The Balaban J connectivity index is 2.29. The molecule has 0 amide bonds. The average Bonchev–Trinajstić information content (AvgIpc) is 2.77. The summed E-state index contributed by atoms with van der Waals surface area (Å²) < 4.78 is 0. The van der Waals surface area contributed by atoms with E-state index in [1.54, 1.807) is 11.3 Å². The highest BCUT2D eigenvalue weighted by Crippen LogP contribution is 2.18. The van der Waals surface area contributed by atoms with Crippen LogP contribution in [0.15, 0.2) is 17.5 Å². The third-order valence-corrected chi connectivity index (χ3v) is 3.57. The Morgan fingerprint density at radius 3 is 2.80 bits per heavy atom. The fourth-order valence-electron chi connectivity index (χ4n) is 1.66. The summed E-state index contributed by atoms with van der Waals surface area (Å²) in [4.78, 5) is 1.05. The number of rotatable bonds is 7. The van der Waals surface area contributed by atoms with Crippen LogP contribution in [0.3, 0.4) is 0 Å². The third kappa shape index (κ3) is 4.33. The second kappa shape index (κ2) is 6.99. The number of nitrogens with one attached hydrogen (secondary N) is 1. The van der Waals surface area contributed by atoms with Gasteiger partial charge in [0, 0.05) is 17.5 Å². The first-order chi connectivity index (χ1) is 7.27. The van der Waals surface area contributed by atoms with Gasteiger partial charge in [0.15, 0.2) is 0 Å². The van der Waals surface area contributed by atoms with E-state index >= 15 is 0 Å². The summed E-state index contributed by atoms with van der Waals surface area (Å²) in [5, 5.41) is 15.3. The molecule has 1 heterocycles. The fourth-order valence-corrected chi connectivity index (χ4v) is 2.37. The van der Waals surface area contributed by atoms with Gasteiger partial charge in [0.05, 0.1) is 0 Å². The molecule has 0 aliphatic heterocycles. The molecular weight excluding hydrogens is 206 g/mol. The minimum Gasteiger partial charge on any atom is -0.386 e. The maximum absolute atomic E-state index is 9.87. The van der Waals surface area contributed by atoms with Crippen LogP contribution in [0.1, 0.15) is 44.1 Å². The normalized spacial score (nSPS) is 15.1. The van der Waals surface area contributed by atoms with Crippen LogP contribution in [0.2, 0.25) is 0 Å². The lowest BCUT2D eigenvalue weighted by molar-refractivity contribution is 0.172. The molecule has 0 aromatic carbocycles. The lowest BCUT2D eigenvalue weighted by atomic mass is 10.1. The SMILES string of the molecule is CCCC(CC)NCC(O)c1cccs1. The molecule has 0 spiro atoms. The van der Waals surface area contributed by atoms with Gasteiger partial charge in [-0.05, 0) is 24.3 Å². The van der Waals surface area contributed by atoms with Crippen molar-refractivity contribution in [2.45, 2.75) is 45.3 Å². The Labute approximate surface area is 96.3 Å². The molecule has 86 valence electrons. The van der Waals surface area contributed by atoms with E-state index in [0.717, 1.165) is 11.3 Å². The van der Waals surface area contributed by atoms with Crippen LogP contribution < -0.4 is 5.32 Å². The van der Waals surface area contributed by atoms with Crippen molar-refractivity contribution in [3.8, 4) is 0 Å². The minimum absolute atomic E-state index is 0.351. The first-order valence-electron chi connectivity index (χ1n) is 5.72. The standard InChI is InChI=1S/C12H21NOS/c1-3-6-10(4-2)13-9-11(14)12-7-5-8-15-12/h5,7-8,10-11,13-14H,3-4,6,9H2,1-2H3. The molecule has 0 radical (unpaired) electrons. The van der Waals surface area contributed by atoms with Crippen molar-refractivity contribution in [2.75, 3.05) is 6.54 Å². The molecule has 0 bridgehead atoms. The summed E-state index contributed by atoms with van der Waals surface area (Å²) in [5.74, 6) is 0. The van der Waals surface area contributed by atoms with E-state index in [1.807, 2.05) is 17.5 Å². The predicted molar refractivity (Wildman–Crippen MR) is 66.3 cm³/mol. The van der Waals surface area contributed by atoms with Crippen LogP contribution in [0, 0.1) is 0 Å². The van der Waals surface area contributed by atoms with Crippen LogP contribution in [0.5, 0.6) is 0 Å². The molecule has 2 atom stereocenters. The molecule has 0 saturated carbocycles. The summed E-state index contributed by atoms with van der Waals surface area (Å²) in [5.41, 5.74) is 0. The van der Waals surface area contributed by atoms with Gasteiger partial charge < -0.3 is 10.4 Å². The Kier molecular flexibility index (Phi) is 5.91. The van der Waals surface area contributed by atoms with Gasteiger partial charge in [-0.25, -0.2) is 0 Å². The third-order valence-electron chi connectivity index (χ3n) is 2.60. The van der Waals surface area contributed by atoms with E-state index in [1.165, 1.54) is 12.8 Å². The van der Waals surface area contributed by atoms with Crippen LogP contribution in [0.25, 0.3) is 0 Å². The van der Waals surface area contributed by atoms with Gasteiger partial charge in [0.2, 0.25) is 0 Å². The van der Waals surface area contributed by atoms with E-state index in [0.29, 0.717) is 12.6 Å². The molecule has 0 aliphatic carbocycles. The van der Waals surface area contributed by atoms with Crippen molar-refractivity contribution in [1.82, 2.24) is 5.32 Å². The summed E-state index contributed by atoms with van der Waals surface area (Å²) in [7, 11) is 0. The van der Waals surface area contributed by atoms with E-state index in [-0.39, 0.29) is 6.10 Å².